The van der Waals surface area contributed by atoms with Crippen LogP contribution in [0.25, 0.3) is 0 Å². The summed E-state index contributed by atoms with van der Waals surface area (Å²) in [6.07, 6.45) is 8.39. The number of rotatable bonds is 4. The van der Waals surface area contributed by atoms with Crippen LogP contribution < -0.4 is 5.32 Å². The summed E-state index contributed by atoms with van der Waals surface area (Å²) in [6, 6.07) is 6.45. The first kappa shape index (κ1) is 11.7. The van der Waals surface area contributed by atoms with Gasteiger partial charge in [-0.15, -0.1) is 0 Å². The van der Waals surface area contributed by atoms with Crippen LogP contribution in [-0.4, -0.2) is 17.0 Å². The third kappa shape index (κ3) is 2.88. The van der Waals surface area contributed by atoms with E-state index in [2.05, 4.69) is 34.3 Å². The first-order chi connectivity index (χ1) is 8.31. The van der Waals surface area contributed by atoms with E-state index in [4.69, 9.17) is 0 Å². The molecule has 0 fully saturated rings. The zero-order valence-corrected chi connectivity index (χ0v) is 10.2. The van der Waals surface area contributed by atoms with Crippen molar-refractivity contribution >= 4 is 0 Å². The van der Waals surface area contributed by atoms with E-state index in [1.807, 2.05) is 37.9 Å². The Balaban J connectivity index is 2.21. The summed E-state index contributed by atoms with van der Waals surface area (Å²) in [4.78, 5) is 8.24. The highest BCUT2D eigenvalue weighted by molar-refractivity contribution is 5.27. The molecule has 2 heterocycles. The Kier molecular flexibility index (Phi) is 3.83. The second-order valence-electron chi connectivity index (χ2n) is 4.13. The van der Waals surface area contributed by atoms with E-state index in [1.165, 1.54) is 16.7 Å². The molecule has 0 radical (unpaired) electrons. The first-order valence-corrected chi connectivity index (χ1v) is 5.78. The summed E-state index contributed by atoms with van der Waals surface area (Å²) in [5, 5.41) is 3.35. The Morgan fingerprint density at radius 2 is 1.82 bits per heavy atom. The van der Waals surface area contributed by atoms with Gasteiger partial charge in [-0.3, -0.25) is 9.97 Å². The average molecular weight is 227 g/mol. The molecule has 3 heteroatoms. The minimum absolute atomic E-state index is 0.297. The van der Waals surface area contributed by atoms with Gasteiger partial charge in [0.1, 0.15) is 0 Å². The summed E-state index contributed by atoms with van der Waals surface area (Å²) < 4.78 is 0. The second kappa shape index (κ2) is 5.55. The SMILES string of the molecule is CNC(Cc1ccncc1)c1cnccc1C. The molecule has 2 rings (SSSR count). The zero-order valence-electron chi connectivity index (χ0n) is 10.2. The first-order valence-electron chi connectivity index (χ1n) is 5.78. The Hall–Kier alpha value is -1.74. The smallest absolute Gasteiger partial charge is 0.0376 e. The van der Waals surface area contributed by atoms with Gasteiger partial charge in [0.05, 0.1) is 0 Å². The Bertz CT molecular complexity index is 468. The lowest BCUT2D eigenvalue weighted by Gasteiger charge is -2.18. The van der Waals surface area contributed by atoms with Crippen LogP contribution in [-0.2, 0) is 6.42 Å². The van der Waals surface area contributed by atoms with E-state index in [1.54, 1.807) is 0 Å². The molecule has 1 unspecified atom stereocenters. The lowest BCUT2D eigenvalue weighted by Crippen LogP contribution is -2.20. The molecule has 3 nitrogen and oxygen atoms in total. The quantitative estimate of drug-likeness (QED) is 0.870. The van der Waals surface area contributed by atoms with Crippen LogP contribution in [0.4, 0.5) is 0 Å². The van der Waals surface area contributed by atoms with Crippen molar-refractivity contribution in [3.63, 3.8) is 0 Å². The summed E-state index contributed by atoms with van der Waals surface area (Å²) in [5.41, 5.74) is 3.81. The van der Waals surface area contributed by atoms with Gasteiger partial charge in [0.15, 0.2) is 0 Å². The summed E-state index contributed by atoms with van der Waals surface area (Å²) in [7, 11) is 1.98. The van der Waals surface area contributed by atoms with Crippen LogP contribution in [0, 0.1) is 6.92 Å². The van der Waals surface area contributed by atoms with Gasteiger partial charge < -0.3 is 5.32 Å². The highest BCUT2D eigenvalue weighted by Gasteiger charge is 2.12. The van der Waals surface area contributed by atoms with Gasteiger partial charge in [-0.2, -0.15) is 0 Å². The van der Waals surface area contributed by atoms with Crippen molar-refractivity contribution < 1.29 is 0 Å². The minimum Gasteiger partial charge on any atom is -0.313 e. The standard InChI is InChI=1S/C14H17N3/c1-11-3-6-17-10-13(11)14(15-2)9-12-4-7-16-8-5-12/h3-8,10,14-15H,9H2,1-2H3. The van der Waals surface area contributed by atoms with E-state index < -0.39 is 0 Å². The molecule has 2 aromatic rings. The summed E-state index contributed by atoms with van der Waals surface area (Å²) >= 11 is 0. The fourth-order valence-corrected chi connectivity index (χ4v) is 1.96. The van der Waals surface area contributed by atoms with Crippen molar-refractivity contribution in [1.82, 2.24) is 15.3 Å². The van der Waals surface area contributed by atoms with E-state index in [0.29, 0.717) is 6.04 Å². The molecule has 1 N–H and O–H groups in total. The van der Waals surface area contributed by atoms with E-state index in [0.717, 1.165) is 6.42 Å². The van der Waals surface area contributed by atoms with E-state index in [9.17, 15) is 0 Å². The van der Waals surface area contributed by atoms with Crippen molar-refractivity contribution in [2.45, 2.75) is 19.4 Å². The maximum Gasteiger partial charge on any atom is 0.0376 e. The third-order valence-electron chi connectivity index (χ3n) is 2.99. The molecule has 0 spiro atoms. The maximum absolute atomic E-state index is 4.20. The van der Waals surface area contributed by atoms with Crippen molar-refractivity contribution in [2.24, 2.45) is 0 Å². The van der Waals surface area contributed by atoms with Gasteiger partial charge in [0.2, 0.25) is 0 Å². The predicted octanol–water partition coefficient (Wildman–Crippen LogP) is 2.29. The number of nitrogens with one attached hydrogen (secondary N) is 1. The number of hydrogen-bond donors (Lipinski definition) is 1. The molecule has 0 aliphatic carbocycles. The monoisotopic (exact) mass is 227 g/mol. The Morgan fingerprint density at radius 1 is 1.12 bits per heavy atom. The van der Waals surface area contributed by atoms with Crippen LogP contribution in [0.3, 0.4) is 0 Å². The van der Waals surface area contributed by atoms with Crippen molar-refractivity contribution in [2.75, 3.05) is 7.05 Å². The summed E-state index contributed by atoms with van der Waals surface area (Å²) in [6.45, 7) is 2.12. The molecule has 1 atom stereocenters. The topological polar surface area (TPSA) is 37.8 Å². The van der Waals surface area contributed by atoms with Crippen molar-refractivity contribution in [1.29, 1.82) is 0 Å². The number of hydrogen-bond acceptors (Lipinski definition) is 3. The van der Waals surface area contributed by atoms with Gasteiger partial charge in [-0.25, -0.2) is 0 Å². The highest BCUT2D eigenvalue weighted by atomic mass is 14.9. The Morgan fingerprint density at radius 3 is 2.47 bits per heavy atom. The average Bonchev–Trinajstić information content (AvgIpc) is 2.38. The molecular formula is C14H17N3. The molecule has 0 aliphatic heterocycles. The number of nitrogens with zero attached hydrogens (tertiary/aromatic N) is 2. The largest absolute Gasteiger partial charge is 0.313 e. The molecule has 0 aliphatic rings. The van der Waals surface area contributed by atoms with E-state index in [-0.39, 0.29) is 0 Å². The molecule has 0 amide bonds. The maximum atomic E-state index is 4.20. The van der Waals surface area contributed by atoms with Crippen LogP contribution in [0.5, 0.6) is 0 Å². The Labute approximate surface area is 102 Å². The van der Waals surface area contributed by atoms with Crippen LogP contribution >= 0.6 is 0 Å². The lowest BCUT2D eigenvalue weighted by molar-refractivity contribution is 0.586. The fourth-order valence-electron chi connectivity index (χ4n) is 1.96. The van der Waals surface area contributed by atoms with Crippen LogP contribution in [0.2, 0.25) is 0 Å². The fraction of sp³-hybridized carbons (Fsp3) is 0.286. The highest BCUT2D eigenvalue weighted by Crippen LogP contribution is 2.20. The molecule has 17 heavy (non-hydrogen) atoms. The molecule has 0 saturated carbocycles. The van der Waals surface area contributed by atoms with Crippen molar-refractivity contribution in [3.05, 3.63) is 59.7 Å². The minimum atomic E-state index is 0.297. The lowest BCUT2D eigenvalue weighted by atomic mass is 9.98. The van der Waals surface area contributed by atoms with Gasteiger partial charge in [0, 0.05) is 30.8 Å². The van der Waals surface area contributed by atoms with Gasteiger partial charge in [-0.05, 0) is 55.3 Å². The van der Waals surface area contributed by atoms with Gasteiger partial charge >= 0.3 is 0 Å². The molecule has 88 valence electrons. The zero-order chi connectivity index (χ0) is 12.1. The van der Waals surface area contributed by atoms with Crippen molar-refractivity contribution in [3.8, 4) is 0 Å². The number of aryl methyl sites for hydroxylation is 1. The molecule has 2 aromatic heterocycles. The number of likely N-dealkylation sites (N-methyl/N-ethyl adjacent to an activating group) is 1. The number of aromatic nitrogens is 2. The van der Waals surface area contributed by atoms with Gasteiger partial charge in [-0.1, -0.05) is 0 Å². The molecule has 0 saturated heterocycles. The van der Waals surface area contributed by atoms with Crippen LogP contribution in [0.1, 0.15) is 22.7 Å². The van der Waals surface area contributed by atoms with Gasteiger partial charge in [0.25, 0.3) is 0 Å². The molecule has 0 aromatic carbocycles. The summed E-state index contributed by atoms with van der Waals surface area (Å²) in [5.74, 6) is 0. The van der Waals surface area contributed by atoms with Crippen LogP contribution in [0.15, 0.2) is 43.0 Å². The predicted molar refractivity (Wildman–Crippen MR) is 68.7 cm³/mol. The molecule has 0 bridgehead atoms. The third-order valence-corrected chi connectivity index (χ3v) is 2.99. The second-order valence-corrected chi connectivity index (χ2v) is 4.13. The molecular weight excluding hydrogens is 210 g/mol. The number of pyridine rings is 2. The van der Waals surface area contributed by atoms with E-state index >= 15 is 0 Å². The normalized spacial score (nSPS) is 12.4.